The summed E-state index contributed by atoms with van der Waals surface area (Å²) in [5.41, 5.74) is 0. The Hall–Kier alpha value is -0.280. The molecular formula is C11H13BrClFO. The van der Waals surface area contributed by atoms with Crippen LogP contribution in [0.2, 0.25) is 0 Å². The molecule has 1 rings (SSSR count). The van der Waals surface area contributed by atoms with Gasteiger partial charge >= 0.3 is 0 Å². The second-order valence-electron chi connectivity index (χ2n) is 3.17. The van der Waals surface area contributed by atoms with E-state index in [1.807, 2.05) is 0 Å². The summed E-state index contributed by atoms with van der Waals surface area (Å²) in [4.78, 5) is 0. The molecule has 0 aliphatic rings. The van der Waals surface area contributed by atoms with E-state index in [0.29, 0.717) is 18.2 Å². The lowest BCUT2D eigenvalue weighted by atomic mass is 10.2. The minimum absolute atomic E-state index is 0.301. The fraction of sp³-hybridized carbons (Fsp3) is 0.455. The highest BCUT2D eigenvalue weighted by molar-refractivity contribution is 9.10. The predicted octanol–water partition coefficient (Wildman–Crippen LogP) is 4.38. The summed E-state index contributed by atoms with van der Waals surface area (Å²) < 4.78 is 19.3. The van der Waals surface area contributed by atoms with E-state index in [2.05, 4.69) is 15.9 Å². The molecule has 0 saturated heterocycles. The zero-order chi connectivity index (χ0) is 11.1. The Bertz CT molecular complexity index is 307. The van der Waals surface area contributed by atoms with Crippen LogP contribution in [0.4, 0.5) is 4.39 Å². The van der Waals surface area contributed by atoms with Gasteiger partial charge in [0.1, 0.15) is 0 Å². The van der Waals surface area contributed by atoms with Crippen molar-refractivity contribution in [3.05, 3.63) is 28.5 Å². The SMILES string of the molecule is Fc1ccc(Br)cc1OCCCCCCl. The maximum Gasteiger partial charge on any atom is 0.165 e. The number of benzene rings is 1. The molecule has 84 valence electrons. The first-order chi connectivity index (χ1) is 7.24. The topological polar surface area (TPSA) is 9.23 Å². The standard InChI is InChI=1S/C11H13BrClFO/c12-9-4-5-10(14)11(8-9)15-7-3-1-2-6-13/h4-5,8H,1-3,6-7H2. The van der Waals surface area contributed by atoms with Crippen molar-refractivity contribution in [3.63, 3.8) is 0 Å². The number of rotatable bonds is 6. The van der Waals surface area contributed by atoms with Crippen LogP contribution in [0.3, 0.4) is 0 Å². The molecule has 1 aromatic carbocycles. The Morgan fingerprint density at radius 3 is 2.80 bits per heavy atom. The van der Waals surface area contributed by atoms with Gasteiger partial charge in [0.25, 0.3) is 0 Å². The first-order valence-corrected chi connectivity index (χ1v) is 6.20. The molecule has 0 aromatic heterocycles. The maximum atomic E-state index is 13.2. The van der Waals surface area contributed by atoms with Gasteiger partial charge in [0, 0.05) is 10.4 Å². The number of hydrogen-bond donors (Lipinski definition) is 0. The molecule has 1 aromatic rings. The minimum atomic E-state index is -0.324. The quantitative estimate of drug-likeness (QED) is 0.559. The lowest BCUT2D eigenvalue weighted by molar-refractivity contribution is 0.291. The van der Waals surface area contributed by atoms with Crippen molar-refractivity contribution in [1.29, 1.82) is 0 Å². The molecule has 0 aliphatic carbocycles. The second kappa shape index (κ2) is 7.07. The molecule has 0 fully saturated rings. The summed E-state index contributed by atoms with van der Waals surface area (Å²) in [7, 11) is 0. The van der Waals surface area contributed by atoms with E-state index in [1.165, 1.54) is 6.07 Å². The van der Waals surface area contributed by atoms with Crippen molar-refractivity contribution in [2.75, 3.05) is 12.5 Å². The van der Waals surface area contributed by atoms with Crippen molar-refractivity contribution in [2.24, 2.45) is 0 Å². The highest BCUT2D eigenvalue weighted by atomic mass is 79.9. The average molecular weight is 296 g/mol. The molecule has 0 unspecified atom stereocenters. The van der Waals surface area contributed by atoms with E-state index in [0.717, 1.165) is 23.7 Å². The van der Waals surface area contributed by atoms with Crippen molar-refractivity contribution in [1.82, 2.24) is 0 Å². The third-order valence-electron chi connectivity index (χ3n) is 1.93. The van der Waals surface area contributed by atoms with Crippen LogP contribution in [0.1, 0.15) is 19.3 Å². The van der Waals surface area contributed by atoms with Crippen LogP contribution >= 0.6 is 27.5 Å². The van der Waals surface area contributed by atoms with Gasteiger partial charge in [-0.25, -0.2) is 4.39 Å². The van der Waals surface area contributed by atoms with E-state index >= 15 is 0 Å². The van der Waals surface area contributed by atoms with Crippen LogP contribution in [0, 0.1) is 5.82 Å². The molecule has 0 amide bonds. The Morgan fingerprint density at radius 1 is 1.27 bits per heavy atom. The number of unbranched alkanes of at least 4 members (excludes halogenated alkanes) is 2. The first kappa shape index (κ1) is 12.8. The maximum absolute atomic E-state index is 13.2. The van der Waals surface area contributed by atoms with Gasteiger partial charge in [0.15, 0.2) is 11.6 Å². The number of halogens is 3. The Kier molecular flexibility index (Phi) is 6.03. The van der Waals surface area contributed by atoms with Crippen LogP contribution in [0.5, 0.6) is 5.75 Å². The van der Waals surface area contributed by atoms with Crippen molar-refractivity contribution < 1.29 is 9.13 Å². The molecule has 0 aliphatic heterocycles. The Balaban J connectivity index is 2.33. The molecule has 0 atom stereocenters. The normalized spacial score (nSPS) is 10.3. The second-order valence-corrected chi connectivity index (χ2v) is 4.47. The Morgan fingerprint density at radius 2 is 2.07 bits per heavy atom. The fourth-order valence-corrected chi connectivity index (χ4v) is 1.67. The van der Waals surface area contributed by atoms with Gasteiger partial charge in [-0.05, 0) is 37.5 Å². The molecule has 4 heteroatoms. The molecule has 15 heavy (non-hydrogen) atoms. The lowest BCUT2D eigenvalue weighted by Gasteiger charge is -2.07. The van der Waals surface area contributed by atoms with E-state index in [9.17, 15) is 4.39 Å². The van der Waals surface area contributed by atoms with Crippen LogP contribution < -0.4 is 4.74 Å². The largest absolute Gasteiger partial charge is 0.490 e. The molecule has 1 nitrogen and oxygen atoms in total. The number of alkyl halides is 1. The van der Waals surface area contributed by atoms with E-state index in [4.69, 9.17) is 16.3 Å². The molecule has 0 saturated carbocycles. The molecule has 0 heterocycles. The summed E-state index contributed by atoms with van der Waals surface area (Å²) >= 11 is 8.80. The summed E-state index contributed by atoms with van der Waals surface area (Å²) in [5.74, 6) is 0.649. The van der Waals surface area contributed by atoms with Crippen LogP contribution in [-0.4, -0.2) is 12.5 Å². The van der Waals surface area contributed by atoms with E-state index in [-0.39, 0.29) is 5.82 Å². The first-order valence-electron chi connectivity index (χ1n) is 4.88. The van der Waals surface area contributed by atoms with Gasteiger partial charge in [-0.15, -0.1) is 11.6 Å². The molecule has 0 bridgehead atoms. The van der Waals surface area contributed by atoms with Crippen molar-refractivity contribution >= 4 is 27.5 Å². The molecule has 0 N–H and O–H groups in total. The molecular weight excluding hydrogens is 282 g/mol. The molecule has 0 radical (unpaired) electrons. The third kappa shape index (κ3) is 4.85. The summed E-state index contributed by atoms with van der Waals surface area (Å²) in [6.45, 7) is 0.532. The Labute approximate surface area is 103 Å². The van der Waals surface area contributed by atoms with Crippen LogP contribution in [0.25, 0.3) is 0 Å². The van der Waals surface area contributed by atoms with Gasteiger partial charge < -0.3 is 4.74 Å². The van der Waals surface area contributed by atoms with Gasteiger partial charge in [0.2, 0.25) is 0 Å². The number of hydrogen-bond acceptors (Lipinski definition) is 1. The predicted molar refractivity (Wildman–Crippen MR) is 64.2 cm³/mol. The average Bonchev–Trinajstić information content (AvgIpc) is 2.23. The fourth-order valence-electron chi connectivity index (χ4n) is 1.14. The summed E-state index contributed by atoms with van der Waals surface area (Å²) in [6, 6.07) is 4.67. The third-order valence-corrected chi connectivity index (χ3v) is 2.69. The van der Waals surface area contributed by atoms with Crippen LogP contribution in [0.15, 0.2) is 22.7 Å². The molecule has 0 spiro atoms. The number of ether oxygens (including phenoxy) is 1. The van der Waals surface area contributed by atoms with E-state index < -0.39 is 0 Å². The van der Waals surface area contributed by atoms with E-state index in [1.54, 1.807) is 12.1 Å². The monoisotopic (exact) mass is 294 g/mol. The summed E-state index contributed by atoms with van der Waals surface area (Å²) in [5, 5.41) is 0. The lowest BCUT2D eigenvalue weighted by Crippen LogP contribution is -1.99. The summed E-state index contributed by atoms with van der Waals surface area (Å²) in [6.07, 6.45) is 2.89. The van der Waals surface area contributed by atoms with Crippen molar-refractivity contribution in [3.8, 4) is 5.75 Å². The van der Waals surface area contributed by atoms with Gasteiger partial charge in [-0.1, -0.05) is 15.9 Å². The van der Waals surface area contributed by atoms with Gasteiger partial charge in [-0.2, -0.15) is 0 Å². The highest BCUT2D eigenvalue weighted by Gasteiger charge is 2.03. The van der Waals surface area contributed by atoms with Gasteiger partial charge in [0.05, 0.1) is 6.61 Å². The van der Waals surface area contributed by atoms with Crippen LogP contribution in [-0.2, 0) is 0 Å². The zero-order valence-electron chi connectivity index (χ0n) is 8.31. The highest BCUT2D eigenvalue weighted by Crippen LogP contribution is 2.22. The smallest absolute Gasteiger partial charge is 0.165 e. The van der Waals surface area contributed by atoms with Crippen molar-refractivity contribution in [2.45, 2.75) is 19.3 Å². The zero-order valence-corrected chi connectivity index (χ0v) is 10.7. The minimum Gasteiger partial charge on any atom is -0.490 e. The van der Waals surface area contributed by atoms with Gasteiger partial charge in [-0.3, -0.25) is 0 Å².